The standard InChI is InChI=1S/C21H22N4O4/c1-27-17-5-3-16(4-6-17)25-20(26)15-13-23-21(24-14-15)22-11-12-29-19-9-7-18(28-2)8-10-19/h3-10,13-14H,11-12H2,1-2H3,(H,25,26)(H,22,23,24). The summed E-state index contributed by atoms with van der Waals surface area (Å²) in [5.41, 5.74) is 1.02. The first-order valence-electron chi connectivity index (χ1n) is 8.96. The number of hydrogen-bond acceptors (Lipinski definition) is 7. The van der Waals surface area contributed by atoms with Crippen LogP contribution in [0, 0.1) is 0 Å². The fourth-order valence-electron chi connectivity index (χ4n) is 2.42. The Morgan fingerprint density at radius 2 is 1.41 bits per heavy atom. The van der Waals surface area contributed by atoms with Gasteiger partial charge in [0, 0.05) is 18.1 Å². The van der Waals surface area contributed by atoms with Crippen molar-refractivity contribution in [2.75, 3.05) is 38.0 Å². The molecule has 0 unspecified atom stereocenters. The Kier molecular flexibility index (Phi) is 6.83. The number of ether oxygens (including phenoxy) is 3. The molecule has 0 radical (unpaired) electrons. The highest BCUT2D eigenvalue weighted by Gasteiger charge is 2.08. The number of methoxy groups -OCH3 is 2. The predicted molar refractivity (Wildman–Crippen MR) is 110 cm³/mol. The molecule has 0 saturated carbocycles. The molecule has 0 saturated heterocycles. The molecule has 0 bridgehead atoms. The Labute approximate surface area is 168 Å². The summed E-state index contributed by atoms with van der Waals surface area (Å²) in [7, 11) is 3.21. The van der Waals surface area contributed by atoms with Crippen molar-refractivity contribution in [2.24, 2.45) is 0 Å². The van der Waals surface area contributed by atoms with Crippen LogP contribution in [-0.4, -0.2) is 43.2 Å². The number of nitrogens with one attached hydrogen (secondary N) is 2. The molecule has 150 valence electrons. The Bertz CT molecular complexity index is 913. The van der Waals surface area contributed by atoms with Gasteiger partial charge in [0.2, 0.25) is 5.95 Å². The minimum atomic E-state index is -0.287. The fourth-order valence-corrected chi connectivity index (χ4v) is 2.42. The van der Waals surface area contributed by atoms with Crippen LogP contribution in [0.15, 0.2) is 60.9 Å². The van der Waals surface area contributed by atoms with Gasteiger partial charge in [-0.3, -0.25) is 4.79 Å². The van der Waals surface area contributed by atoms with Crippen molar-refractivity contribution >= 4 is 17.5 Å². The normalized spacial score (nSPS) is 10.1. The van der Waals surface area contributed by atoms with E-state index in [0.717, 1.165) is 17.2 Å². The first-order chi connectivity index (χ1) is 14.2. The lowest BCUT2D eigenvalue weighted by molar-refractivity contribution is 0.102. The van der Waals surface area contributed by atoms with Gasteiger partial charge < -0.3 is 24.8 Å². The molecule has 2 N–H and O–H groups in total. The fraction of sp³-hybridized carbons (Fsp3) is 0.190. The zero-order valence-electron chi connectivity index (χ0n) is 16.2. The third-order valence-corrected chi connectivity index (χ3v) is 3.98. The minimum absolute atomic E-state index is 0.287. The molecule has 1 heterocycles. The molecule has 0 aliphatic carbocycles. The smallest absolute Gasteiger partial charge is 0.258 e. The van der Waals surface area contributed by atoms with Crippen molar-refractivity contribution in [2.45, 2.75) is 0 Å². The topological polar surface area (TPSA) is 94.6 Å². The second kappa shape index (κ2) is 9.93. The molecule has 3 rings (SSSR count). The highest BCUT2D eigenvalue weighted by atomic mass is 16.5. The number of rotatable bonds is 9. The second-order valence-electron chi connectivity index (χ2n) is 5.93. The average Bonchev–Trinajstić information content (AvgIpc) is 2.78. The number of carbonyl (C=O) groups is 1. The summed E-state index contributed by atoms with van der Waals surface area (Å²) in [5.74, 6) is 2.38. The number of benzene rings is 2. The number of hydrogen-bond donors (Lipinski definition) is 2. The van der Waals surface area contributed by atoms with E-state index in [9.17, 15) is 4.79 Å². The van der Waals surface area contributed by atoms with Crippen molar-refractivity contribution in [3.63, 3.8) is 0 Å². The molecule has 0 spiro atoms. The molecule has 29 heavy (non-hydrogen) atoms. The van der Waals surface area contributed by atoms with Gasteiger partial charge in [-0.05, 0) is 48.5 Å². The Balaban J connectivity index is 1.44. The zero-order valence-corrected chi connectivity index (χ0v) is 16.2. The first-order valence-corrected chi connectivity index (χ1v) is 8.96. The predicted octanol–water partition coefficient (Wildman–Crippen LogP) is 3.24. The SMILES string of the molecule is COc1ccc(NC(=O)c2cnc(NCCOc3ccc(OC)cc3)nc2)cc1. The van der Waals surface area contributed by atoms with Crippen LogP contribution in [0.1, 0.15) is 10.4 Å². The minimum Gasteiger partial charge on any atom is -0.497 e. The lowest BCUT2D eigenvalue weighted by Gasteiger charge is -2.09. The van der Waals surface area contributed by atoms with E-state index >= 15 is 0 Å². The van der Waals surface area contributed by atoms with Crippen LogP contribution in [-0.2, 0) is 0 Å². The quantitative estimate of drug-likeness (QED) is 0.538. The third kappa shape index (κ3) is 5.83. The molecule has 0 aliphatic rings. The van der Waals surface area contributed by atoms with Crippen molar-refractivity contribution in [1.29, 1.82) is 0 Å². The van der Waals surface area contributed by atoms with Crippen molar-refractivity contribution < 1.29 is 19.0 Å². The lowest BCUT2D eigenvalue weighted by Crippen LogP contribution is -2.15. The number of amides is 1. The van der Waals surface area contributed by atoms with Gasteiger partial charge in [0.15, 0.2) is 0 Å². The summed E-state index contributed by atoms with van der Waals surface area (Å²) in [4.78, 5) is 20.6. The second-order valence-corrected chi connectivity index (χ2v) is 5.93. The van der Waals surface area contributed by atoms with E-state index in [4.69, 9.17) is 14.2 Å². The maximum Gasteiger partial charge on any atom is 0.258 e. The highest BCUT2D eigenvalue weighted by Crippen LogP contribution is 2.17. The maximum atomic E-state index is 12.3. The number of carbonyl (C=O) groups excluding carboxylic acids is 1. The van der Waals surface area contributed by atoms with Gasteiger partial charge in [-0.25, -0.2) is 9.97 Å². The number of nitrogens with zero attached hydrogens (tertiary/aromatic N) is 2. The van der Waals surface area contributed by atoms with E-state index in [-0.39, 0.29) is 5.91 Å². The van der Waals surface area contributed by atoms with E-state index in [1.54, 1.807) is 38.5 Å². The maximum absolute atomic E-state index is 12.3. The van der Waals surface area contributed by atoms with E-state index in [0.29, 0.717) is 30.4 Å². The van der Waals surface area contributed by atoms with Gasteiger partial charge in [-0.2, -0.15) is 0 Å². The molecular weight excluding hydrogens is 372 g/mol. The third-order valence-electron chi connectivity index (χ3n) is 3.98. The molecule has 0 atom stereocenters. The monoisotopic (exact) mass is 394 g/mol. The van der Waals surface area contributed by atoms with Gasteiger partial charge >= 0.3 is 0 Å². The van der Waals surface area contributed by atoms with Crippen molar-refractivity contribution in [3.05, 3.63) is 66.5 Å². The van der Waals surface area contributed by atoms with Crippen LogP contribution in [0.25, 0.3) is 0 Å². The highest BCUT2D eigenvalue weighted by molar-refractivity contribution is 6.03. The zero-order chi connectivity index (χ0) is 20.5. The molecule has 2 aromatic carbocycles. The molecule has 8 nitrogen and oxygen atoms in total. The first kappa shape index (κ1) is 19.9. The molecule has 1 aromatic heterocycles. The number of anilines is 2. The van der Waals surface area contributed by atoms with Gasteiger partial charge in [-0.1, -0.05) is 0 Å². The van der Waals surface area contributed by atoms with E-state index < -0.39 is 0 Å². The summed E-state index contributed by atoms with van der Waals surface area (Å²) in [6.07, 6.45) is 2.94. The summed E-state index contributed by atoms with van der Waals surface area (Å²) in [6.45, 7) is 0.957. The van der Waals surface area contributed by atoms with Gasteiger partial charge in [0.1, 0.15) is 23.9 Å². The molecule has 0 aliphatic heterocycles. The van der Waals surface area contributed by atoms with Crippen LogP contribution < -0.4 is 24.8 Å². The van der Waals surface area contributed by atoms with E-state index in [1.807, 2.05) is 24.3 Å². The Hall–Kier alpha value is -3.81. The van der Waals surface area contributed by atoms with Crippen LogP contribution in [0.2, 0.25) is 0 Å². The summed E-state index contributed by atoms with van der Waals surface area (Å²) >= 11 is 0. The summed E-state index contributed by atoms with van der Waals surface area (Å²) in [6, 6.07) is 14.4. The van der Waals surface area contributed by atoms with Crippen molar-refractivity contribution in [1.82, 2.24) is 9.97 Å². The Morgan fingerprint density at radius 3 is 2.00 bits per heavy atom. The summed E-state index contributed by atoms with van der Waals surface area (Å²) < 4.78 is 15.8. The van der Waals surface area contributed by atoms with E-state index in [2.05, 4.69) is 20.6 Å². The molecular formula is C21H22N4O4. The molecule has 0 fully saturated rings. The van der Waals surface area contributed by atoms with E-state index in [1.165, 1.54) is 12.4 Å². The van der Waals surface area contributed by atoms with Gasteiger partial charge in [0.05, 0.1) is 26.3 Å². The van der Waals surface area contributed by atoms with Crippen LogP contribution in [0.5, 0.6) is 17.2 Å². The lowest BCUT2D eigenvalue weighted by atomic mass is 10.2. The molecule has 1 amide bonds. The molecule has 3 aromatic rings. The Morgan fingerprint density at radius 1 is 0.862 bits per heavy atom. The molecule has 8 heteroatoms. The van der Waals surface area contributed by atoms with Crippen LogP contribution >= 0.6 is 0 Å². The largest absolute Gasteiger partial charge is 0.497 e. The number of aromatic nitrogens is 2. The van der Waals surface area contributed by atoms with Crippen molar-refractivity contribution in [3.8, 4) is 17.2 Å². The summed E-state index contributed by atoms with van der Waals surface area (Å²) in [5, 5.41) is 5.83. The average molecular weight is 394 g/mol. The van der Waals surface area contributed by atoms with Crippen LogP contribution in [0.4, 0.5) is 11.6 Å². The van der Waals surface area contributed by atoms with Gasteiger partial charge in [-0.15, -0.1) is 0 Å². The van der Waals surface area contributed by atoms with Crippen LogP contribution in [0.3, 0.4) is 0 Å². The van der Waals surface area contributed by atoms with Gasteiger partial charge in [0.25, 0.3) is 5.91 Å².